The summed E-state index contributed by atoms with van der Waals surface area (Å²) in [7, 11) is -3.13. The first-order valence-corrected chi connectivity index (χ1v) is 8.63. The van der Waals surface area contributed by atoms with Crippen LogP contribution in [0.15, 0.2) is 24.3 Å². The summed E-state index contributed by atoms with van der Waals surface area (Å²) in [5, 5.41) is 3.49. The van der Waals surface area contributed by atoms with Gasteiger partial charge in [0.1, 0.15) is 0 Å². The molecule has 0 aromatic heterocycles. The Labute approximate surface area is 119 Å². The zero-order chi connectivity index (χ0) is 14.1. The molecule has 0 radical (unpaired) electrons. The standard InChI is InChI=1S/C13H19ClN2O2S/c1-19(17,18)12-6-3-7-13(12,9-15)16-11-5-2-4-10(14)8-11/h2,4-5,8,12,16H,3,6-7,9,15H2,1H3. The van der Waals surface area contributed by atoms with Crippen LogP contribution in [0.1, 0.15) is 19.3 Å². The highest BCUT2D eigenvalue weighted by molar-refractivity contribution is 7.91. The second-order valence-electron chi connectivity index (χ2n) is 5.21. The highest BCUT2D eigenvalue weighted by atomic mass is 35.5. The summed E-state index contributed by atoms with van der Waals surface area (Å²) in [4.78, 5) is 0. The van der Waals surface area contributed by atoms with Crippen molar-refractivity contribution in [1.82, 2.24) is 0 Å². The molecule has 1 aliphatic carbocycles. The molecule has 2 unspecified atom stereocenters. The molecule has 1 aliphatic rings. The zero-order valence-electron chi connectivity index (χ0n) is 10.9. The Kier molecular flexibility index (Phi) is 4.08. The number of nitrogens with two attached hydrogens (primary N) is 1. The maximum atomic E-state index is 11.9. The van der Waals surface area contributed by atoms with Crippen molar-refractivity contribution in [2.45, 2.75) is 30.1 Å². The Morgan fingerprint density at radius 1 is 1.53 bits per heavy atom. The number of sulfone groups is 1. The summed E-state index contributed by atoms with van der Waals surface area (Å²) in [5.41, 5.74) is 6.11. The van der Waals surface area contributed by atoms with E-state index in [1.807, 2.05) is 12.1 Å². The van der Waals surface area contributed by atoms with Crippen molar-refractivity contribution in [3.8, 4) is 0 Å². The van der Waals surface area contributed by atoms with Gasteiger partial charge in [0.25, 0.3) is 0 Å². The Hall–Kier alpha value is -0.780. The van der Waals surface area contributed by atoms with Gasteiger partial charge in [-0.1, -0.05) is 17.7 Å². The van der Waals surface area contributed by atoms with Gasteiger partial charge in [-0.05, 0) is 37.5 Å². The Morgan fingerprint density at radius 2 is 2.26 bits per heavy atom. The van der Waals surface area contributed by atoms with Crippen molar-refractivity contribution in [1.29, 1.82) is 0 Å². The van der Waals surface area contributed by atoms with Crippen LogP contribution in [-0.2, 0) is 9.84 Å². The first kappa shape index (κ1) is 14.6. The fourth-order valence-corrected chi connectivity index (χ4v) is 4.82. The lowest BCUT2D eigenvalue weighted by atomic mass is 9.96. The molecular formula is C13H19ClN2O2S. The highest BCUT2D eigenvalue weighted by Gasteiger charge is 2.47. The fraction of sp³-hybridized carbons (Fsp3) is 0.538. The summed E-state index contributed by atoms with van der Waals surface area (Å²) < 4.78 is 23.9. The predicted molar refractivity (Wildman–Crippen MR) is 79.3 cm³/mol. The summed E-state index contributed by atoms with van der Waals surface area (Å²) in [6, 6.07) is 7.28. The summed E-state index contributed by atoms with van der Waals surface area (Å²) >= 11 is 5.96. The quantitative estimate of drug-likeness (QED) is 0.893. The molecule has 0 saturated heterocycles. The van der Waals surface area contributed by atoms with Crippen LogP contribution >= 0.6 is 11.6 Å². The predicted octanol–water partition coefficient (Wildman–Crippen LogP) is 2.05. The van der Waals surface area contributed by atoms with E-state index in [0.29, 0.717) is 11.4 Å². The van der Waals surface area contributed by atoms with Crippen LogP contribution in [0.5, 0.6) is 0 Å². The second-order valence-corrected chi connectivity index (χ2v) is 7.87. The second kappa shape index (κ2) is 5.31. The topological polar surface area (TPSA) is 72.2 Å². The number of hydrogen-bond acceptors (Lipinski definition) is 4. The van der Waals surface area contributed by atoms with Gasteiger partial charge in [-0.15, -0.1) is 0 Å². The smallest absolute Gasteiger partial charge is 0.152 e. The van der Waals surface area contributed by atoms with Crippen molar-refractivity contribution in [3.63, 3.8) is 0 Å². The van der Waals surface area contributed by atoms with E-state index in [0.717, 1.165) is 18.5 Å². The van der Waals surface area contributed by atoms with Crippen molar-refractivity contribution >= 4 is 27.1 Å². The van der Waals surface area contributed by atoms with Crippen LogP contribution in [0.3, 0.4) is 0 Å². The molecule has 1 saturated carbocycles. The van der Waals surface area contributed by atoms with Gasteiger partial charge < -0.3 is 11.1 Å². The largest absolute Gasteiger partial charge is 0.377 e. The van der Waals surface area contributed by atoms with Crippen LogP contribution in [0.2, 0.25) is 5.02 Å². The molecule has 106 valence electrons. The molecule has 0 amide bonds. The van der Waals surface area contributed by atoms with Crippen LogP contribution < -0.4 is 11.1 Å². The molecule has 19 heavy (non-hydrogen) atoms. The lowest BCUT2D eigenvalue weighted by Gasteiger charge is -2.35. The molecule has 4 nitrogen and oxygen atoms in total. The third kappa shape index (κ3) is 3.04. The Bertz CT molecular complexity index is 562. The molecular weight excluding hydrogens is 284 g/mol. The minimum absolute atomic E-state index is 0.289. The minimum atomic E-state index is -3.13. The Balaban J connectivity index is 2.33. The van der Waals surface area contributed by atoms with E-state index in [9.17, 15) is 8.42 Å². The average molecular weight is 303 g/mol. The van der Waals surface area contributed by atoms with Gasteiger partial charge in [-0.3, -0.25) is 0 Å². The molecule has 1 aromatic rings. The van der Waals surface area contributed by atoms with E-state index in [4.69, 9.17) is 17.3 Å². The van der Waals surface area contributed by atoms with Crippen molar-refractivity contribution in [3.05, 3.63) is 29.3 Å². The number of benzene rings is 1. The van der Waals surface area contributed by atoms with E-state index in [1.165, 1.54) is 6.26 Å². The molecule has 0 spiro atoms. The number of halogens is 1. The van der Waals surface area contributed by atoms with Crippen LogP contribution in [0, 0.1) is 0 Å². The van der Waals surface area contributed by atoms with Gasteiger partial charge >= 0.3 is 0 Å². The maximum Gasteiger partial charge on any atom is 0.152 e. The van der Waals surface area contributed by atoms with Crippen molar-refractivity contribution in [2.75, 3.05) is 18.1 Å². The van der Waals surface area contributed by atoms with Crippen LogP contribution in [0.25, 0.3) is 0 Å². The molecule has 1 aromatic carbocycles. The maximum absolute atomic E-state index is 11.9. The molecule has 2 atom stereocenters. The van der Waals surface area contributed by atoms with Gasteiger partial charge in [-0.25, -0.2) is 8.42 Å². The van der Waals surface area contributed by atoms with E-state index < -0.39 is 20.6 Å². The van der Waals surface area contributed by atoms with Gasteiger partial charge in [0.2, 0.25) is 0 Å². The summed E-state index contributed by atoms with van der Waals surface area (Å²) in [5.74, 6) is 0. The van der Waals surface area contributed by atoms with E-state index in [-0.39, 0.29) is 6.54 Å². The van der Waals surface area contributed by atoms with E-state index in [2.05, 4.69) is 5.32 Å². The minimum Gasteiger partial charge on any atom is -0.377 e. The zero-order valence-corrected chi connectivity index (χ0v) is 12.5. The van der Waals surface area contributed by atoms with E-state index >= 15 is 0 Å². The number of hydrogen-bond donors (Lipinski definition) is 2. The monoisotopic (exact) mass is 302 g/mol. The van der Waals surface area contributed by atoms with Crippen molar-refractivity contribution in [2.24, 2.45) is 5.73 Å². The van der Waals surface area contributed by atoms with Crippen LogP contribution in [0.4, 0.5) is 5.69 Å². The highest BCUT2D eigenvalue weighted by Crippen LogP contribution is 2.37. The normalized spacial score (nSPS) is 27.4. The number of nitrogens with one attached hydrogen (secondary N) is 1. The Morgan fingerprint density at radius 3 is 2.84 bits per heavy atom. The van der Waals surface area contributed by atoms with Crippen molar-refractivity contribution < 1.29 is 8.42 Å². The molecule has 0 aliphatic heterocycles. The van der Waals surface area contributed by atoms with Gasteiger partial charge in [0, 0.05) is 23.5 Å². The third-order valence-corrected chi connectivity index (χ3v) is 5.76. The van der Waals surface area contributed by atoms with Gasteiger partial charge in [0.15, 0.2) is 9.84 Å². The van der Waals surface area contributed by atoms with Crippen LogP contribution in [-0.4, -0.2) is 32.0 Å². The number of rotatable bonds is 4. The van der Waals surface area contributed by atoms with E-state index in [1.54, 1.807) is 12.1 Å². The fourth-order valence-electron chi connectivity index (χ4n) is 2.95. The lowest BCUT2D eigenvalue weighted by Crippen LogP contribution is -2.54. The first-order valence-electron chi connectivity index (χ1n) is 6.30. The number of anilines is 1. The first-order chi connectivity index (χ1) is 8.87. The van der Waals surface area contributed by atoms with Gasteiger partial charge in [0.05, 0.1) is 10.8 Å². The van der Waals surface area contributed by atoms with Gasteiger partial charge in [-0.2, -0.15) is 0 Å². The molecule has 0 heterocycles. The SMILES string of the molecule is CS(=O)(=O)C1CCCC1(CN)Nc1cccc(Cl)c1. The third-order valence-electron chi connectivity index (χ3n) is 3.80. The lowest BCUT2D eigenvalue weighted by molar-refractivity contribution is 0.479. The molecule has 0 bridgehead atoms. The molecule has 1 fully saturated rings. The average Bonchev–Trinajstić information content (AvgIpc) is 2.73. The summed E-state index contributed by atoms with van der Waals surface area (Å²) in [6.07, 6.45) is 3.56. The molecule has 6 heteroatoms. The molecule has 3 N–H and O–H groups in total. The summed E-state index contributed by atoms with van der Waals surface area (Å²) in [6.45, 7) is 0.289. The molecule has 2 rings (SSSR count).